The first-order valence-electron chi connectivity index (χ1n) is 34.3. The van der Waals surface area contributed by atoms with Crippen molar-refractivity contribution < 1.29 is 181 Å². The molecule has 0 spiro atoms. The highest BCUT2D eigenvalue weighted by Gasteiger charge is 2.52. The molecule has 4 aliphatic rings. The third-order valence-electron chi connectivity index (χ3n) is 16.0. The lowest BCUT2D eigenvalue weighted by atomic mass is 9.87. The quantitative estimate of drug-likeness (QED) is 0.0222. The highest BCUT2D eigenvalue weighted by atomic mass is 32.2. The number of ketones is 1. The average molecular weight is 1840 g/mol. The number of carbonyl (C=O) groups excluding carboxylic acids is 8. The van der Waals surface area contributed by atoms with Crippen molar-refractivity contribution in [3.05, 3.63) is 24.0 Å². The maximum absolute atomic E-state index is 12.6. The summed E-state index contributed by atoms with van der Waals surface area (Å²) in [6.45, 7) is 8.30. The fourth-order valence-electron chi connectivity index (χ4n) is 9.79. The maximum Gasteiger partial charge on any atom is 0.481 e. The van der Waals surface area contributed by atoms with E-state index in [4.69, 9.17) is 48.8 Å². The summed E-state index contributed by atoms with van der Waals surface area (Å²) in [5, 5.41) is 80.2. The van der Waals surface area contributed by atoms with E-state index in [1.54, 1.807) is 0 Å². The lowest BCUT2D eigenvalue weighted by Crippen LogP contribution is -2.46. The van der Waals surface area contributed by atoms with Crippen LogP contribution in [0.25, 0.3) is 0 Å². The second-order valence-electron chi connectivity index (χ2n) is 27.4. The molecule has 15 atom stereocenters. The van der Waals surface area contributed by atoms with Crippen LogP contribution in [0.3, 0.4) is 0 Å². The number of nitrogens with one attached hydrogen (secondary N) is 7. The van der Waals surface area contributed by atoms with Gasteiger partial charge in [0, 0.05) is 93.6 Å². The largest absolute Gasteiger partial charge is 0.481 e. The van der Waals surface area contributed by atoms with Crippen molar-refractivity contribution in [2.45, 2.75) is 149 Å². The molecule has 15 unspecified atom stereocenters. The van der Waals surface area contributed by atoms with Gasteiger partial charge in [-0.05, 0) is 6.92 Å². The van der Waals surface area contributed by atoms with Gasteiger partial charge < -0.3 is 128 Å². The summed E-state index contributed by atoms with van der Waals surface area (Å²) in [6.07, 6.45) is -15.6. The molecule has 2 aromatic heterocycles. The molecule has 25 N–H and O–H groups in total. The van der Waals surface area contributed by atoms with Crippen LogP contribution in [0.4, 0.5) is 11.6 Å². The van der Waals surface area contributed by atoms with Crippen LogP contribution in [-0.2, 0) is 111 Å². The Morgan fingerprint density at radius 3 is 1.23 bits per heavy atom. The van der Waals surface area contributed by atoms with Crippen molar-refractivity contribution in [1.29, 1.82) is 0 Å². The molecule has 53 nitrogen and oxygen atoms in total. The van der Waals surface area contributed by atoms with E-state index in [2.05, 4.69) is 74.8 Å². The number of phosphoric ester groups is 6. The Morgan fingerprint density at radius 1 is 0.513 bits per heavy atom. The number of imidazole rings is 2. The zero-order valence-corrected chi connectivity index (χ0v) is 70.9. The minimum atomic E-state index is -5.55. The molecular weight excluding hydrogens is 1740 g/mol. The summed E-state index contributed by atoms with van der Waals surface area (Å²) < 4.78 is 122. The number of amides is 5. The summed E-state index contributed by atoms with van der Waals surface area (Å²) >= 11 is 2.07. The van der Waals surface area contributed by atoms with Gasteiger partial charge in [-0.2, -0.15) is 8.62 Å². The number of carbonyl (C=O) groups is 8. The van der Waals surface area contributed by atoms with Gasteiger partial charge in [-0.15, -0.1) is 0 Å². The van der Waals surface area contributed by atoms with Crippen molar-refractivity contribution >= 4 is 139 Å². The number of amidine groups is 2. The van der Waals surface area contributed by atoms with E-state index in [1.165, 1.54) is 84.1 Å². The molecule has 2 saturated heterocycles. The number of aliphatic hydroxyl groups excluding tert-OH is 6. The summed E-state index contributed by atoms with van der Waals surface area (Å²) in [7, 11) is -31.7. The number of nitrogens with zero attached hydrogens (tertiary/aromatic N) is 6. The summed E-state index contributed by atoms with van der Waals surface area (Å²) in [4.78, 5) is 185. The molecule has 0 saturated carbocycles. The molecule has 6 heterocycles. The number of Topliss-reactive ketones (excluding diaryl/α,β-unsaturated/α-hetero) is 1. The van der Waals surface area contributed by atoms with Gasteiger partial charge >= 0.3 is 46.9 Å². The number of rotatable bonds is 44. The molecule has 61 heteroatoms. The number of nitrogens with two attached hydrogens (primary N) is 2. The Hall–Kier alpha value is -5.56. The van der Waals surface area contributed by atoms with Crippen LogP contribution in [0.15, 0.2) is 22.6 Å². The molecule has 2 aromatic rings. The average Bonchev–Trinajstić information content (AvgIpc) is 1.62. The lowest BCUT2D eigenvalue weighted by Gasteiger charge is -2.30. The first-order chi connectivity index (χ1) is 53.8. The molecular formula is C56H99N15O38P6S2. The Balaban J connectivity index is 0.000000405. The van der Waals surface area contributed by atoms with Gasteiger partial charge in [-0.1, -0.05) is 65.1 Å². The van der Waals surface area contributed by atoms with Crippen LogP contribution >= 0.6 is 70.5 Å². The Labute approximate surface area is 674 Å². The van der Waals surface area contributed by atoms with E-state index < -0.39 is 193 Å². The monoisotopic (exact) mass is 1840 g/mol. The van der Waals surface area contributed by atoms with Gasteiger partial charge in [0.15, 0.2) is 22.7 Å². The number of aliphatic hydroxyl groups is 6. The van der Waals surface area contributed by atoms with E-state index in [9.17, 15) is 126 Å². The Kier molecular flexibility index (Phi) is 39.9. The number of aliphatic imine (C=N–C) groups is 2. The highest BCUT2D eigenvalue weighted by Crippen LogP contribution is 2.62. The molecule has 6 rings (SSSR count). The maximum atomic E-state index is 12.6. The smallest absolute Gasteiger partial charge is 0.387 e. The number of fused-ring (bicyclic) bond motifs is 2. The molecule has 668 valence electrons. The van der Waals surface area contributed by atoms with E-state index in [0.717, 1.165) is 23.5 Å². The minimum absolute atomic E-state index is 0.0188. The normalized spacial score (nSPS) is 22.3. The SMILES string of the molecule is CC(=O)CCNC(=O)C(O)C(C)(C)COP(=O)(O)O.CC(=O)SCCNC(=O)CCNC(=O)C(O)C(C)(C)COP(=O)(O)OP(=O)(O)OCC1OC(n2cnc3c2NCN=C3N)C(O)C1O.CC(=O)SCCNC(=O)CCNC(=O)C(O)C(C)(C)COP(=O)(O)OP(=O)(O)OCC1OC(n2cnc3c2NCN=C3N)C(O)C1OP(=O)(O)O. The van der Waals surface area contributed by atoms with Gasteiger partial charge in [0.2, 0.25) is 29.5 Å². The predicted octanol–water partition coefficient (Wildman–Crippen LogP) is -4.04. The molecule has 0 radical (unpaired) electrons. The van der Waals surface area contributed by atoms with Gasteiger partial charge in [-0.25, -0.2) is 47.3 Å². The molecule has 0 aromatic carbocycles. The van der Waals surface area contributed by atoms with Crippen LogP contribution in [0.1, 0.15) is 105 Å². The van der Waals surface area contributed by atoms with Crippen molar-refractivity contribution in [3.63, 3.8) is 0 Å². The Bertz CT molecular complexity index is 4150. The van der Waals surface area contributed by atoms with Crippen molar-refractivity contribution in [1.82, 2.24) is 45.7 Å². The number of hydrogen-bond acceptors (Lipinski definition) is 40. The molecule has 2 fully saturated rings. The number of aromatic nitrogens is 4. The van der Waals surface area contributed by atoms with Gasteiger partial charge in [0.25, 0.3) is 0 Å². The molecule has 0 aliphatic carbocycles. The number of thioether (sulfide) groups is 2. The van der Waals surface area contributed by atoms with Crippen LogP contribution in [0.2, 0.25) is 0 Å². The molecule has 4 aliphatic heterocycles. The van der Waals surface area contributed by atoms with E-state index in [-0.39, 0.29) is 110 Å². The van der Waals surface area contributed by atoms with Crippen LogP contribution in [0, 0.1) is 16.2 Å². The standard InChI is InChI=1S/C23H40N7O17P3S.C23H39N7O14P2S.C10H20NO7P/c1-12(31)51-7-6-25-14(32)4-5-26-21(35)18(34)23(2,3)9-44-50(41,42)47-49(39,40)43-8-13-17(46-48(36,37)38)16(33)22(45-13)30-11-29-15-19(24)27-10-28-20(15)30;1-12(31)47-7-6-25-14(32)4-5-26-21(36)18(35)23(2,3)9-42-46(39,40)44-45(37,38)41-8-13-16(33)17(34)22(43-13)30-11-29-15-19(24)27-10-28-20(15)30;1-7(12)4-5-11-9(14)8(13)10(2,3)6-18-19(15,16)17/h11,13,16-18,22,28,33-34H,4-10H2,1-3H3,(H2,24,27)(H,25,32)(H,26,35)(H,39,40)(H,41,42)(H2,36,37,38);11,13,16-18,22,28,33-35H,4-10H2,1-3H3,(H2,24,27)(H,25,32)(H,26,36)(H,37,38)(H,39,40);8,13H,4-6H2,1-3H3,(H,11,14)(H2,15,16,17). The fourth-order valence-corrected chi connectivity index (χ4v) is 16.4. The fraction of sp³-hybridized carbons (Fsp3) is 0.714. The zero-order chi connectivity index (χ0) is 88.8. The number of ether oxygens (including phenoxy) is 2. The lowest BCUT2D eigenvalue weighted by molar-refractivity contribution is -0.137. The van der Waals surface area contributed by atoms with Gasteiger partial charge in [0.05, 0.1) is 45.7 Å². The Morgan fingerprint density at radius 2 is 0.863 bits per heavy atom. The second kappa shape index (κ2) is 45.0. The van der Waals surface area contributed by atoms with Crippen molar-refractivity contribution in [3.8, 4) is 0 Å². The number of hydrogen-bond donors (Lipinski definition) is 23. The van der Waals surface area contributed by atoms with E-state index in [1.807, 2.05) is 0 Å². The van der Waals surface area contributed by atoms with E-state index >= 15 is 0 Å². The first kappa shape index (κ1) is 104. The van der Waals surface area contributed by atoms with Crippen molar-refractivity contribution in [2.75, 3.05) is 101 Å². The minimum Gasteiger partial charge on any atom is -0.387 e. The summed E-state index contributed by atoms with van der Waals surface area (Å²) in [5.74, 6) is -2.06. The number of phosphoric acid groups is 6. The highest BCUT2D eigenvalue weighted by molar-refractivity contribution is 8.13. The van der Waals surface area contributed by atoms with Gasteiger partial charge in [0.1, 0.15) is 109 Å². The third kappa shape index (κ3) is 35.1. The molecule has 0 bridgehead atoms. The molecule has 5 amide bonds. The molecule has 117 heavy (non-hydrogen) atoms. The van der Waals surface area contributed by atoms with Crippen LogP contribution in [-0.4, -0.2) is 292 Å². The predicted molar refractivity (Wildman–Crippen MR) is 404 cm³/mol. The zero-order valence-electron chi connectivity index (χ0n) is 63.9. The van der Waals surface area contributed by atoms with E-state index in [0.29, 0.717) is 17.3 Å². The van der Waals surface area contributed by atoms with Crippen LogP contribution < -0.4 is 48.7 Å². The first-order valence-corrected chi connectivity index (χ1v) is 45.3. The van der Waals surface area contributed by atoms with Crippen molar-refractivity contribution in [2.24, 2.45) is 37.7 Å². The topological polar surface area (TPSA) is 811 Å². The third-order valence-corrected chi connectivity index (χ3v) is 23.8. The van der Waals surface area contributed by atoms with Gasteiger partial charge in [-0.3, -0.25) is 74.6 Å². The second-order valence-corrected chi connectivity index (χ2v) is 38.5. The summed E-state index contributed by atoms with van der Waals surface area (Å²) in [6, 6.07) is 0. The summed E-state index contributed by atoms with van der Waals surface area (Å²) in [5.41, 5.74) is 7.74. The van der Waals surface area contributed by atoms with Crippen LogP contribution in [0.5, 0.6) is 0 Å². The number of anilines is 2.